The molecule has 1 spiro atoms. The van der Waals surface area contributed by atoms with E-state index in [1.807, 2.05) is 56.0 Å². The lowest BCUT2D eigenvalue weighted by Crippen LogP contribution is -2.52. The smallest absolute Gasteiger partial charge is 0.275 e. The molecule has 1 aliphatic carbocycles. The predicted octanol–water partition coefficient (Wildman–Crippen LogP) is 9.00. The van der Waals surface area contributed by atoms with Crippen LogP contribution in [0.25, 0.3) is 5.70 Å². The van der Waals surface area contributed by atoms with Crippen LogP contribution < -0.4 is 11.1 Å². The summed E-state index contributed by atoms with van der Waals surface area (Å²) in [5.74, 6) is -0.145. The number of hydrogen-bond acceptors (Lipinski definition) is 4. The fraction of sp³-hybridized carbons (Fsp3) is 0.541. The summed E-state index contributed by atoms with van der Waals surface area (Å²) in [6, 6.07) is 13.5. The zero-order chi connectivity index (χ0) is 33.7. The van der Waals surface area contributed by atoms with Crippen LogP contribution in [-0.2, 0) is 4.79 Å². The molecule has 45 heavy (non-hydrogen) atoms. The summed E-state index contributed by atoms with van der Waals surface area (Å²) in [5.41, 5.74) is 8.24. The van der Waals surface area contributed by atoms with Crippen LogP contribution in [0.15, 0.2) is 54.0 Å². The number of alkyl halides is 1. The molecule has 1 unspecified atom stereocenters. The van der Waals surface area contributed by atoms with E-state index < -0.39 is 11.3 Å². The molecular formula is C37H53ClFN5O. The van der Waals surface area contributed by atoms with E-state index in [9.17, 15) is 4.79 Å². The fourth-order valence-corrected chi connectivity index (χ4v) is 6.74. The molecule has 2 aliphatic rings. The molecule has 1 aliphatic heterocycles. The first-order chi connectivity index (χ1) is 21.0. The molecule has 0 bridgehead atoms. The number of rotatable bonds is 10. The van der Waals surface area contributed by atoms with Gasteiger partial charge in [-0.2, -0.15) is 0 Å². The summed E-state index contributed by atoms with van der Waals surface area (Å²) in [7, 11) is 0. The van der Waals surface area contributed by atoms with Gasteiger partial charge < -0.3 is 16.0 Å². The minimum Gasteiger partial charge on any atom is -0.386 e. The van der Waals surface area contributed by atoms with Crippen molar-refractivity contribution < 1.29 is 9.18 Å². The summed E-state index contributed by atoms with van der Waals surface area (Å²) in [5, 5.41) is 11.1. The highest BCUT2D eigenvalue weighted by Crippen LogP contribution is 2.49. The fourth-order valence-electron chi connectivity index (χ4n) is 6.45. The Morgan fingerprint density at radius 2 is 1.76 bits per heavy atom. The molecule has 4 N–H and O–H groups in total. The van der Waals surface area contributed by atoms with Crippen LogP contribution in [0, 0.1) is 23.7 Å². The molecule has 6 nitrogen and oxygen atoms in total. The van der Waals surface area contributed by atoms with Crippen molar-refractivity contribution in [3.05, 3.63) is 76.3 Å². The predicted molar refractivity (Wildman–Crippen MR) is 188 cm³/mol. The van der Waals surface area contributed by atoms with Crippen molar-refractivity contribution in [2.75, 3.05) is 6.54 Å². The molecule has 2 aromatic rings. The van der Waals surface area contributed by atoms with Gasteiger partial charge in [0.05, 0.1) is 12.6 Å². The molecule has 1 heterocycles. The van der Waals surface area contributed by atoms with Gasteiger partial charge in [-0.25, -0.2) is 4.39 Å². The van der Waals surface area contributed by atoms with E-state index in [0.717, 1.165) is 35.1 Å². The summed E-state index contributed by atoms with van der Waals surface area (Å²) >= 11 is 6.45. The second kappa shape index (κ2) is 14.5. The monoisotopic (exact) mass is 637 g/mol. The van der Waals surface area contributed by atoms with E-state index in [1.54, 1.807) is 13.8 Å². The SMILES string of the molecule is C=C(NCC(=N)N)c1ccc(C(CCC(C)(C)C)N2C(=O)C(c3cc(C)cc(Cl)c3)=NC23CCC(C(C)(C)F)CC3)cc1.CC. The van der Waals surface area contributed by atoms with Crippen molar-refractivity contribution in [2.45, 2.75) is 111 Å². The van der Waals surface area contributed by atoms with Gasteiger partial charge in [-0.3, -0.25) is 15.2 Å². The molecule has 2 aromatic carbocycles. The molecule has 0 aromatic heterocycles. The summed E-state index contributed by atoms with van der Waals surface area (Å²) < 4.78 is 15.1. The number of nitrogens with zero attached hydrogens (tertiary/aromatic N) is 2. The number of aliphatic imine (C=N–C) groups is 1. The lowest BCUT2D eigenvalue weighted by Gasteiger charge is -2.47. The van der Waals surface area contributed by atoms with Gasteiger partial charge in [0.1, 0.15) is 22.9 Å². The molecule has 4 rings (SSSR count). The Kier molecular flexibility index (Phi) is 11.7. The molecule has 8 heteroatoms. The third kappa shape index (κ3) is 8.96. The van der Waals surface area contributed by atoms with Crippen molar-refractivity contribution in [2.24, 2.45) is 22.1 Å². The van der Waals surface area contributed by atoms with Crippen LogP contribution in [0.1, 0.15) is 115 Å². The molecule has 246 valence electrons. The van der Waals surface area contributed by atoms with E-state index >= 15 is 4.39 Å². The van der Waals surface area contributed by atoms with Crippen molar-refractivity contribution >= 4 is 34.8 Å². The molecular weight excluding hydrogens is 585 g/mol. The van der Waals surface area contributed by atoms with E-state index in [1.165, 1.54) is 0 Å². The van der Waals surface area contributed by atoms with Crippen LogP contribution in [0.3, 0.4) is 0 Å². The van der Waals surface area contributed by atoms with E-state index in [-0.39, 0.29) is 35.7 Å². The first kappa shape index (κ1) is 36.3. The third-order valence-electron chi connectivity index (χ3n) is 8.88. The average molecular weight is 638 g/mol. The Labute approximate surface area is 275 Å². The van der Waals surface area contributed by atoms with Crippen molar-refractivity contribution in [3.8, 4) is 0 Å². The Morgan fingerprint density at radius 1 is 1.16 bits per heavy atom. The molecule has 1 saturated carbocycles. The van der Waals surface area contributed by atoms with Crippen LogP contribution in [0.4, 0.5) is 4.39 Å². The zero-order valence-electron chi connectivity index (χ0n) is 28.5. The maximum absolute atomic E-state index is 15.1. The summed E-state index contributed by atoms with van der Waals surface area (Å²) in [6.45, 7) is 20.2. The van der Waals surface area contributed by atoms with Crippen LogP contribution in [0.5, 0.6) is 0 Å². The summed E-state index contributed by atoms with van der Waals surface area (Å²) in [6.07, 6.45) is 4.19. The standard InChI is InChI=1S/C35H47ClFN5O.C2H6/c1-22-18-26(20-28(36)19-22)31-32(43)42(35(41-31)16-12-27(13-17-35)34(6,7)37)29(14-15-33(3,4)5)25-10-8-24(9-11-25)23(2)40-21-30(38)39;1-2/h8-11,18-20,27,29,40H,2,12-17,21H2,1,3-7H3,(H3,38,39);1-2H3. The van der Waals surface area contributed by atoms with Gasteiger partial charge in [0.15, 0.2) is 0 Å². The second-order valence-corrected chi connectivity index (χ2v) is 14.5. The van der Waals surface area contributed by atoms with Crippen molar-refractivity contribution in [1.29, 1.82) is 5.41 Å². The average Bonchev–Trinajstić information content (AvgIpc) is 3.23. The molecule has 0 saturated heterocycles. The largest absolute Gasteiger partial charge is 0.386 e. The van der Waals surface area contributed by atoms with Gasteiger partial charge in [0.2, 0.25) is 0 Å². The normalized spacial score (nSPS) is 20.8. The molecule has 1 fully saturated rings. The number of carbonyl (C=O) groups is 1. The minimum atomic E-state index is -1.29. The number of nitrogens with one attached hydrogen (secondary N) is 2. The first-order valence-corrected chi connectivity index (χ1v) is 16.6. The quantitative estimate of drug-likeness (QED) is 0.179. The number of aryl methyl sites for hydroxylation is 1. The Hall–Kier alpha value is -3.19. The minimum absolute atomic E-state index is 0.0365. The van der Waals surface area contributed by atoms with Gasteiger partial charge in [0, 0.05) is 16.3 Å². The summed E-state index contributed by atoms with van der Waals surface area (Å²) in [4.78, 5) is 21.8. The third-order valence-corrected chi connectivity index (χ3v) is 9.10. The number of nitrogens with two attached hydrogens (primary N) is 1. The van der Waals surface area contributed by atoms with Crippen molar-refractivity contribution in [3.63, 3.8) is 0 Å². The number of benzene rings is 2. The molecule has 1 atom stereocenters. The highest BCUT2D eigenvalue weighted by atomic mass is 35.5. The Bertz CT molecular complexity index is 1380. The Balaban J connectivity index is 0.00000271. The second-order valence-electron chi connectivity index (χ2n) is 14.1. The molecule has 0 radical (unpaired) electrons. The number of hydrogen-bond donors (Lipinski definition) is 3. The van der Waals surface area contributed by atoms with Gasteiger partial charge in [-0.05, 0) is 106 Å². The molecule has 1 amide bonds. The van der Waals surface area contributed by atoms with E-state index in [2.05, 4.69) is 44.8 Å². The van der Waals surface area contributed by atoms with Gasteiger partial charge in [-0.15, -0.1) is 0 Å². The van der Waals surface area contributed by atoms with Gasteiger partial charge in [-0.1, -0.05) is 77.1 Å². The highest BCUT2D eigenvalue weighted by molar-refractivity contribution is 6.47. The first-order valence-electron chi connectivity index (χ1n) is 16.3. The van der Waals surface area contributed by atoms with Crippen LogP contribution in [-0.4, -0.2) is 40.2 Å². The number of halogens is 2. The lowest BCUT2D eigenvalue weighted by molar-refractivity contribution is -0.134. The topological polar surface area (TPSA) is 94.6 Å². The number of amides is 1. The number of amidine groups is 1. The van der Waals surface area contributed by atoms with Crippen LogP contribution >= 0.6 is 11.6 Å². The van der Waals surface area contributed by atoms with Crippen LogP contribution in [0.2, 0.25) is 5.02 Å². The Morgan fingerprint density at radius 3 is 2.27 bits per heavy atom. The van der Waals surface area contributed by atoms with Gasteiger partial charge in [0.25, 0.3) is 5.91 Å². The maximum atomic E-state index is 15.1. The lowest BCUT2D eigenvalue weighted by atomic mass is 9.74. The zero-order valence-corrected chi connectivity index (χ0v) is 29.2. The van der Waals surface area contributed by atoms with E-state index in [0.29, 0.717) is 42.1 Å². The highest BCUT2D eigenvalue weighted by Gasteiger charge is 2.53. The van der Waals surface area contributed by atoms with Crippen molar-refractivity contribution in [1.82, 2.24) is 10.2 Å². The van der Waals surface area contributed by atoms with Gasteiger partial charge >= 0.3 is 0 Å². The maximum Gasteiger partial charge on any atom is 0.275 e. The number of carbonyl (C=O) groups excluding carboxylic acids is 1. The van der Waals surface area contributed by atoms with E-state index in [4.69, 9.17) is 27.7 Å².